The summed E-state index contributed by atoms with van der Waals surface area (Å²) in [6.45, 7) is 0. The topological polar surface area (TPSA) is 67.5 Å². The third-order valence-corrected chi connectivity index (χ3v) is 5.33. The van der Waals surface area contributed by atoms with Crippen molar-refractivity contribution < 1.29 is 19.1 Å². The molecule has 97 valence electrons. The van der Waals surface area contributed by atoms with E-state index in [0.29, 0.717) is 13.5 Å². The van der Waals surface area contributed by atoms with Crippen molar-refractivity contribution in [3.8, 4) is 0 Å². The Morgan fingerprint density at radius 2 is 1.89 bits per heavy atom. The van der Waals surface area contributed by atoms with E-state index in [2.05, 4.69) is 31.9 Å². The van der Waals surface area contributed by atoms with Gasteiger partial charge in [-0.1, -0.05) is 0 Å². The van der Waals surface area contributed by atoms with Crippen molar-refractivity contribution in [2.75, 3.05) is 0 Å². The zero-order valence-electron chi connectivity index (χ0n) is 9.26. The summed E-state index contributed by atoms with van der Waals surface area (Å²) in [5.74, 6) is -0.800. The number of carboxylic acid groups (broad SMARTS) is 1. The van der Waals surface area contributed by atoms with Crippen molar-refractivity contribution in [2.24, 2.45) is 0 Å². The Labute approximate surface area is 132 Å². The number of rotatable bonds is 4. The first-order chi connectivity index (χ1) is 8.97. The molecule has 0 saturated heterocycles. The molecule has 19 heavy (non-hydrogen) atoms. The Bertz CT molecular complexity index is 651. The van der Waals surface area contributed by atoms with Gasteiger partial charge in [-0.2, -0.15) is 0 Å². The van der Waals surface area contributed by atoms with Gasteiger partial charge < -0.3 is 0 Å². The molecule has 0 bridgehead atoms. The molecule has 0 amide bonds. The summed E-state index contributed by atoms with van der Waals surface area (Å²) < 4.78 is 6.69. The number of aromatic carboxylic acids is 1. The van der Waals surface area contributed by atoms with Crippen molar-refractivity contribution >= 4 is 62.5 Å². The molecule has 2 rings (SSSR count). The SMILES string of the molecule is O=C([As]c1ccc(Br)cc1C(=O)O)c1ccc(Br)o1. The van der Waals surface area contributed by atoms with Gasteiger partial charge in [0.25, 0.3) is 0 Å². The minimum absolute atomic E-state index is 0.147. The monoisotopic (exact) mass is 447 g/mol. The second kappa shape index (κ2) is 6.07. The number of hydrogen-bond acceptors (Lipinski definition) is 3. The van der Waals surface area contributed by atoms with Crippen LogP contribution in [-0.2, 0) is 0 Å². The molecule has 4 nitrogen and oxygen atoms in total. The first kappa shape index (κ1) is 14.6. The van der Waals surface area contributed by atoms with Crippen LogP contribution in [-0.4, -0.2) is 31.4 Å². The third kappa shape index (κ3) is 3.59. The second-order valence-electron chi connectivity index (χ2n) is 3.49. The summed E-state index contributed by atoms with van der Waals surface area (Å²) in [6.07, 6.45) is 0. The van der Waals surface area contributed by atoms with E-state index in [1.54, 1.807) is 24.3 Å². The van der Waals surface area contributed by atoms with E-state index in [1.807, 2.05) is 0 Å². The van der Waals surface area contributed by atoms with Crippen molar-refractivity contribution in [1.29, 1.82) is 0 Å². The number of halogens is 2. The van der Waals surface area contributed by atoms with Crippen molar-refractivity contribution in [1.82, 2.24) is 0 Å². The van der Waals surface area contributed by atoms with Gasteiger partial charge in [0.1, 0.15) is 0 Å². The zero-order valence-corrected chi connectivity index (χ0v) is 14.3. The van der Waals surface area contributed by atoms with Gasteiger partial charge in [0, 0.05) is 0 Å². The molecule has 0 aliphatic heterocycles. The Balaban J connectivity index is 2.28. The zero-order chi connectivity index (χ0) is 14.0. The molecule has 0 atom stereocenters. The predicted molar refractivity (Wildman–Crippen MR) is 77.2 cm³/mol. The third-order valence-electron chi connectivity index (χ3n) is 2.19. The Morgan fingerprint density at radius 1 is 1.16 bits per heavy atom. The molecule has 0 fully saturated rings. The Morgan fingerprint density at radius 3 is 2.47 bits per heavy atom. The van der Waals surface area contributed by atoms with Crippen molar-refractivity contribution in [3.63, 3.8) is 0 Å². The first-order valence-corrected chi connectivity index (χ1v) is 8.48. The fraction of sp³-hybridized carbons (Fsp3) is 0. The molecule has 2 aromatic rings. The normalized spacial score (nSPS) is 11.1. The maximum absolute atomic E-state index is 12.0. The van der Waals surface area contributed by atoms with E-state index in [4.69, 9.17) is 9.52 Å². The summed E-state index contributed by atoms with van der Waals surface area (Å²) in [5, 5.41) is 9.13. The fourth-order valence-electron chi connectivity index (χ4n) is 1.37. The van der Waals surface area contributed by atoms with E-state index >= 15 is 0 Å². The molecule has 1 aromatic carbocycles. The molecule has 0 aliphatic carbocycles. The van der Waals surface area contributed by atoms with Gasteiger partial charge in [0.15, 0.2) is 0 Å². The van der Waals surface area contributed by atoms with Gasteiger partial charge in [-0.05, 0) is 0 Å². The van der Waals surface area contributed by atoms with Crippen LogP contribution in [0.2, 0.25) is 0 Å². The molecule has 0 aliphatic rings. The summed E-state index contributed by atoms with van der Waals surface area (Å²) in [5.41, 5.74) is 0.147. The van der Waals surface area contributed by atoms with Crippen LogP contribution < -0.4 is 4.35 Å². The predicted octanol–water partition coefficient (Wildman–Crippen LogP) is 2.67. The van der Waals surface area contributed by atoms with Gasteiger partial charge in [-0.15, -0.1) is 0 Å². The Kier molecular flexibility index (Phi) is 4.66. The van der Waals surface area contributed by atoms with Crippen molar-refractivity contribution in [3.05, 3.63) is 50.8 Å². The first-order valence-electron chi connectivity index (χ1n) is 5.01. The average molecular weight is 449 g/mol. The number of carbonyl (C=O) groups excluding carboxylic acids is 1. The van der Waals surface area contributed by atoms with Crippen LogP contribution >= 0.6 is 31.9 Å². The summed E-state index contributed by atoms with van der Waals surface area (Å²) in [4.78, 5) is 23.2. The second-order valence-corrected chi connectivity index (χ2v) is 7.52. The standard InChI is InChI=1S/C12H6AsBr2O4/c14-6-1-2-8(7(5-6)12(17)18)13-11(16)9-3-4-10(15)19-9/h1-5H,(H,17,18). The molecule has 0 unspecified atom stereocenters. The molecular formula is C12H6AsBr2O4. The molecule has 7 heteroatoms. The maximum atomic E-state index is 12.0. The van der Waals surface area contributed by atoms with Crippen LogP contribution in [0, 0.1) is 0 Å². The van der Waals surface area contributed by atoms with Crippen molar-refractivity contribution in [2.45, 2.75) is 0 Å². The summed E-state index contributed by atoms with van der Waals surface area (Å²) in [7, 11) is 0. The van der Waals surface area contributed by atoms with Crippen LogP contribution in [0.3, 0.4) is 0 Å². The van der Waals surface area contributed by atoms with Crippen LogP contribution in [0.25, 0.3) is 0 Å². The molecule has 1 aromatic heterocycles. The fourth-order valence-corrected chi connectivity index (χ4v) is 3.88. The molecule has 0 saturated carbocycles. The molecule has 0 spiro atoms. The van der Waals surface area contributed by atoms with Gasteiger partial charge >= 0.3 is 132 Å². The average Bonchev–Trinajstić information content (AvgIpc) is 2.78. The van der Waals surface area contributed by atoms with Gasteiger partial charge in [-0.3, -0.25) is 0 Å². The minimum atomic E-state index is -1.04. The van der Waals surface area contributed by atoms with Crippen LogP contribution in [0.1, 0.15) is 20.9 Å². The number of furan rings is 1. The van der Waals surface area contributed by atoms with Gasteiger partial charge in [-0.25, -0.2) is 0 Å². The van der Waals surface area contributed by atoms with Crippen LogP contribution in [0.4, 0.5) is 0 Å². The van der Waals surface area contributed by atoms with E-state index in [9.17, 15) is 9.59 Å². The van der Waals surface area contributed by atoms with E-state index in [1.165, 1.54) is 6.07 Å². The van der Waals surface area contributed by atoms with Gasteiger partial charge in [0.2, 0.25) is 0 Å². The molecular weight excluding hydrogens is 443 g/mol. The van der Waals surface area contributed by atoms with Gasteiger partial charge in [0.05, 0.1) is 0 Å². The number of benzene rings is 1. The van der Waals surface area contributed by atoms with E-state index in [0.717, 1.165) is 0 Å². The molecule has 1 heterocycles. The number of hydrogen-bond donors (Lipinski definition) is 1. The summed E-state index contributed by atoms with van der Waals surface area (Å²) in [6, 6.07) is 8.08. The quantitative estimate of drug-likeness (QED) is 0.730. The number of carbonyl (C=O) groups is 2. The Hall–Kier alpha value is -0.842. The number of carboxylic acids is 1. The van der Waals surface area contributed by atoms with Crippen LogP contribution in [0.15, 0.2) is 43.9 Å². The van der Waals surface area contributed by atoms with Crippen LogP contribution in [0.5, 0.6) is 0 Å². The summed E-state index contributed by atoms with van der Waals surface area (Å²) >= 11 is 5.38. The van der Waals surface area contributed by atoms with E-state index in [-0.39, 0.29) is 15.9 Å². The molecule has 1 radical (unpaired) electrons. The molecule has 1 N–H and O–H groups in total. The van der Waals surface area contributed by atoms with E-state index < -0.39 is 21.7 Å².